The molecular formula is C26H44O4. The first kappa shape index (κ1) is 22.6. The number of aliphatic hydroxyl groups is 2. The molecule has 0 heterocycles. The highest BCUT2D eigenvalue weighted by molar-refractivity contribution is 5.69. The van der Waals surface area contributed by atoms with Crippen LogP contribution in [0.4, 0.5) is 0 Å². The van der Waals surface area contributed by atoms with Gasteiger partial charge in [0.15, 0.2) is 0 Å². The number of fused-ring (bicyclic) bond motifs is 5. The summed E-state index contributed by atoms with van der Waals surface area (Å²) in [5.74, 6) is 3.20. The van der Waals surface area contributed by atoms with Crippen molar-refractivity contribution in [1.29, 1.82) is 0 Å². The molecule has 1 unspecified atom stereocenters. The van der Waals surface area contributed by atoms with Gasteiger partial charge in [0.2, 0.25) is 0 Å². The van der Waals surface area contributed by atoms with Crippen LogP contribution in [0.3, 0.4) is 0 Å². The van der Waals surface area contributed by atoms with Crippen molar-refractivity contribution in [1.82, 2.24) is 0 Å². The first-order valence-corrected chi connectivity index (χ1v) is 12.7. The highest BCUT2D eigenvalue weighted by Crippen LogP contribution is 2.68. The molecule has 30 heavy (non-hydrogen) atoms. The Bertz CT molecular complexity index is 635. The molecule has 10 atom stereocenters. The number of carbonyl (C=O) groups is 1. The molecule has 0 radical (unpaired) electrons. The number of esters is 1. The molecule has 0 amide bonds. The molecule has 0 saturated heterocycles. The van der Waals surface area contributed by atoms with E-state index in [1.165, 1.54) is 25.7 Å². The largest absolute Gasteiger partial charge is 0.466 e. The molecule has 4 fully saturated rings. The normalized spacial score (nSPS) is 48.9. The molecule has 0 aromatic carbocycles. The van der Waals surface area contributed by atoms with Crippen LogP contribution in [0.1, 0.15) is 91.9 Å². The van der Waals surface area contributed by atoms with E-state index in [1.807, 2.05) is 6.92 Å². The van der Waals surface area contributed by atoms with E-state index in [-0.39, 0.29) is 29.0 Å². The van der Waals surface area contributed by atoms with E-state index in [2.05, 4.69) is 20.8 Å². The molecule has 4 saturated carbocycles. The first-order valence-electron chi connectivity index (χ1n) is 12.7. The van der Waals surface area contributed by atoms with Crippen LogP contribution in [0.15, 0.2) is 0 Å². The molecular weight excluding hydrogens is 376 g/mol. The second-order valence-corrected chi connectivity index (χ2v) is 11.8. The SMILES string of the molecule is CCOC(=O)CC[C@@H](C)[C@H]1CC[C@H]2[C@@H]3[C@@H](O)CC4C[C@@H](O)CC[C@]4(C)[C@H]3CC[C@]12C. The molecule has 0 bridgehead atoms. The third-order valence-electron chi connectivity index (χ3n) is 10.5. The van der Waals surface area contributed by atoms with Gasteiger partial charge in [0.1, 0.15) is 0 Å². The maximum atomic E-state index is 11.9. The van der Waals surface area contributed by atoms with Gasteiger partial charge in [-0.05, 0) is 111 Å². The van der Waals surface area contributed by atoms with Gasteiger partial charge in [0.25, 0.3) is 0 Å². The Labute approximate surface area is 183 Å². The van der Waals surface area contributed by atoms with Gasteiger partial charge < -0.3 is 14.9 Å². The Kier molecular flexibility index (Phi) is 6.31. The van der Waals surface area contributed by atoms with Crippen LogP contribution in [0.25, 0.3) is 0 Å². The minimum atomic E-state index is -0.211. The number of aliphatic hydroxyl groups excluding tert-OH is 2. The summed E-state index contributed by atoms with van der Waals surface area (Å²) in [6.45, 7) is 9.65. The zero-order valence-electron chi connectivity index (χ0n) is 19.6. The number of hydrogen-bond donors (Lipinski definition) is 2. The fraction of sp³-hybridized carbons (Fsp3) is 0.962. The zero-order chi connectivity index (χ0) is 21.7. The van der Waals surface area contributed by atoms with Crippen molar-refractivity contribution in [3.8, 4) is 0 Å². The molecule has 2 N–H and O–H groups in total. The van der Waals surface area contributed by atoms with Crippen molar-refractivity contribution in [3.05, 3.63) is 0 Å². The summed E-state index contributed by atoms with van der Waals surface area (Å²) in [4.78, 5) is 11.9. The molecule has 0 aromatic heterocycles. The fourth-order valence-electron chi connectivity index (χ4n) is 8.96. The summed E-state index contributed by atoms with van der Waals surface area (Å²) < 4.78 is 5.15. The predicted molar refractivity (Wildman–Crippen MR) is 118 cm³/mol. The van der Waals surface area contributed by atoms with Crippen LogP contribution in [-0.2, 0) is 9.53 Å². The number of ether oxygens (including phenoxy) is 1. The van der Waals surface area contributed by atoms with E-state index >= 15 is 0 Å². The number of carbonyl (C=O) groups excluding carboxylic acids is 1. The van der Waals surface area contributed by atoms with E-state index in [0.717, 1.165) is 32.1 Å². The number of rotatable bonds is 5. The van der Waals surface area contributed by atoms with Crippen molar-refractivity contribution in [3.63, 3.8) is 0 Å². The van der Waals surface area contributed by atoms with Gasteiger partial charge in [-0.3, -0.25) is 4.79 Å². The highest BCUT2D eigenvalue weighted by Gasteiger charge is 2.62. The summed E-state index contributed by atoms with van der Waals surface area (Å²) >= 11 is 0. The summed E-state index contributed by atoms with van der Waals surface area (Å²) in [7, 11) is 0. The molecule has 4 aliphatic carbocycles. The van der Waals surface area contributed by atoms with Crippen LogP contribution in [0.2, 0.25) is 0 Å². The fourth-order valence-corrected chi connectivity index (χ4v) is 8.96. The van der Waals surface area contributed by atoms with Crippen LogP contribution < -0.4 is 0 Å². The van der Waals surface area contributed by atoms with Gasteiger partial charge in [-0.1, -0.05) is 20.8 Å². The van der Waals surface area contributed by atoms with Gasteiger partial charge in [-0.15, -0.1) is 0 Å². The Morgan fingerprint density at radius 2 is 1.73 bits per heavy atom. The van der Waals surface area contributed by atoms with Crippen molar-refractivity contribution < 1.29 is 19.7 Å². The Balaban J connectivity index is 1.49. The standard InChI is InChI=1S/C26H44O4/c1-5-30-23(29)9-6-16(2)19-7-8-20-24-21(11-13-26(19,20)4)25(3)12-10-18(27)14-17(25)15-22(24)28/h16-22,24,27-28H,5-15H2,1-4H3/t16-,17?,18+,19-,20+,21+,22+,24+,25+,26-/m1/s1. The van der Waals surface area contributed by atoms with Gasteiger partial charge in [0.05, 0.1) is 18.8 Å². The van der Waals surface area contributed by atoms with Crippen molar-refractivity contribution in [2.24, 2.45) is 46.3 Å². The van der Waals surface area contributed by atoms with Gasteiger partial charge in [-0.2, -0.15) is 0 Å². The molecule has 4 aliphatic rings. The molecule has 0 aliphatic heterocycles. The molecule has 4 rings (SSSR count). The molecule has 4 heteroatoms. The third kappa shape index (κ3) is 3.64. The topological polar surface area (TPSA) is 66.8 Å². The first-order chi connectivity index (χ1) is 14.2. The Morgan fingerprint density at radius 1 is 1.03 bits per heavy atom. The summed E-state index contributed by atoms with van der Waals surface area (Å²) in [6, 6.07) is 0. The monoisotopic (exact) mass is 420 g/mol. The minimum absolute atomic E-state index is 0.0612. The van der Waals surface area contributed by atoms with Gasteiger partial charge in [-0.25, -0.2) is 0 Å². The quantitative estimate of drug-likeness (QED) is 0.617. The van der Waals surface area contributed by atoms with Gasteiger partial charge >= 0.3 is 5.97 Å². The highest BCUT2D eigenvalue weighted by atomic mass is 16.5. The maximum absolute atomic E-state index is 11.9. The molecule has 0 aromatic rings. The molecule has 0 spiro atoms. The molecule has 4 nitrogen and oxygen atoms in total. The lowest BCUT2D eigenvalue weighted by Crippen LogP contribution is -2.58. The number of hydrogen-bond acceptors (Lipinski definition) is 4. The molecule has 172 valence electrons. The van der Waals surface area contributed by atoms with Crippen LogP contribution in [0, 0.1) is 46.3 Å². The Hall–Kier alpha value is -0.610. The minimum Gasteiger partial charge on any atom is -0.466 e. The predicted octanol–water partition coefficient (Wildman–Crippen LogP) is 4.96. The van der Waals surface area contributed by atoms with E-state index in [1.54, 1.807) is 0 Å². The average molecular weight is 421 g/mol. The van der Waals surface area contributed by atoms with Crippen LogP contribution in [-0.4, -0.2) is 35.0 Å². The van der Waals surface area contributed by atoms with Crippen molar-refractivity contribution in [2.75, 3.05) is 6.61 Å². The third-order valence-corrected chi connectivity index (χ3v) is 10.5. The lowest BCUT2D eigenvalue weighted by Gasteiger charge is -2.62. The van der Waals surface area contributed by atoms with Crippen LogP contribution in [0.5, 0.6) is 0 Å². The lowest BCUT2D eigenvalue weighted by molar-refractivity contribution is -0.174. The van der Waals surface area contributed by atoms with E-state index in [0.29, 0.717) is 48.5 Å². The lowest BCUT2D eigenvalue weighted by atomic mass is 9.43. The van der Waals surface area contributed by atoms with Crippen LogP contribution >= 0.6 is 0 Å². The second-order valence-electron chi connectivity index (χ2n) is 11.8. The van der Waals surface area contributed by atoms with E-state index in [4.69, 9.17) is 4.74 Å². The van der Waals surface area contributed by atoms with Crippen molar-refractivity contribution in [2.45, 2.75) is 104 Å². The smallest absolute Gasteiger partial charge is 0.305 e. The summed E-state index contributed by atoms with van der Waals surface area (Å²) in [5.41, 5.74) is 0.575. The van der Waals surface area contributed by atoms with E-state index in [9.17, 15) is 15.0 Å². The zero-order valence-corrected chi connectivity index (χ0v) is 19.6. The summed E-state index contributed by atoms with van der Waals surface area (Å²) in [5, 5.41) is 21.6. The van der Waals surface area contributed by atoms with Gasteiger partial charge in [0, 0.05) is 6.42 Å². The van der Waals surface area contributed by atoms with Crippen molar-refractivity contribution >= 4 is 5.97 Å². The average Bonchev–Trinajstić information content (AvgIpc) is 3.05. The van der Waals surface area contributed by atoms with E-state index < -0.39 is 0 Å². The summed E-state index contributed by atoms with van der Waals surface area (Å²) in [6.07, 6.45) is 9.82. The Morgan fingerprint density at radius 3 is 2.47 bits per heavy atom. The second kappa shape index (κ2) is 8.39. The maximum Gasteiger partial charge on any atom is 0.305 e.